The molecule has 7 heteroatoms. The number of piperazine rings is 1. The zero-order valence-corrected chi connectivity index (χ0v) is 13.9. The number of carbonyl (C=O) groups excluding carboxylic acids is 1. The summed E-state index contributed by atoms with van der Waals surface area (Å²) in [6, 6.07) is 0.372. The molecule has 1 aromatic heterocycles. The highest BCUT2D eigenvalue weighted by Crippen LogP contribution is 2.07. The largest absolute Gasteiger partial charge is 0.339 e. The van der Waals surface area contributed by atoms with E-state index in [-0.39, 0.29) is 18.3 Å². The molecule has 0 bridgehead atoms. The first-order chi connectivity index (χ1) is 9.56. The molecular weight excluding hydrogens is 290 g/mol. The van der Waals surface area contributed by atoms with Crippen molar-refractivity contribution in [3.63, 3.8) is 0 Å². The number of amides is 1. The normalized spacial score (nSPS) is 15.4. The van der Waals surface area contributed by atoms with E-state index in [9.17, 15) is 4.79 Å². The fourth-order valence-corrected chi connectivity index (χ4v) is 2.35. The van der Waals surface area contributed by atoms with Crippen molar-refractivity contribution in [2.75, 3.05) is 39.8 Å². The van der Waals surface area contributed by atoms with Crippen molar-refractivity contribution in [3.05, 3.63) is 18.0 Å². The van der Waals surface area contributed by atoms with Crippen molar-refractivity contribution < 1.29 is 4.79 Å². The molecule has 0 aliphatic carbocycles. The Morgan fingerprint density at radius 1 is 1.43 bits per heavy atom. The van der Waals surface area contributed by atoms with Gasteiger partial charge in [-0.25, -0.2) is 0 Å². The number of carbonyl (C=O) groups is 1. The Kier molecular flexibility index (Phi) is 7.14. The summed E-state index contributed by atoms with van der Waals surface area (Å²) in [6.45, 7) is 8.86. The summed E-state index contributed by atoms with van der Waals surface area (Å²) in [6.07, 6.45) is 3.93. The van der Waals surface area contributed by atoms with E-state index in [0.29, 0.717) is 12.6 Å². The van der Waals surface area contributed by atoms with Crippen molar-refractivity contribution in [2.45, 2.75) is 26.4 Å². The number of hydrogen-bond donors (Lipinski definition) is 1. The molecule has 0 aromatic carbocycles. The van der Waals surface area contributed by atoms with Gasteiger partial charge in [0.25, 0.3) is 0 Å². The van der Waals surface area contributed by atoms with Crippen LogP contribution in [-0.4, -0.2) is 65.3 Å². The number of aromatic nitrogens is 2. The van der Waals surface area contributed by atoms with Crippen LogP contribution in [0, 0.1) is 0 Å². The van der Waals surface area contributed by atoms with Crippen LogP contribution in [0.2, 0.25) is 0 Å². The molecule has 1 N–H and O–H groups in total. The van der Waals surface area contributed by atoms with Gasteiger partial charge in [-0.2, -0.15) is 5.10 Å². The van der Waals surface area contributed by atoms with E-state index in [4.69, 9.17) is 0 Å². The number of hydrogen-bond acceptors (Lipinski definition) is 4. The van der Waals surface area contributed by atoms with Crippen molar-refractivity contribution in [1.82, 2.24) is 24.9 Å². The van der Waals surface area contributed by atoms with E-state index in [1.807, 2.05) is 27.7 Å². The Morgan fingerprint density at radius 3 is 2.67 bits per heavy atom. The highest BCUT2D eigenvalue weighted by Gasteiger charge is 2.17. The van der Waals surface area contributed by atoms with Gasteiger partial charge in [-0.15, -0.1) is 12.4 Å². The van der Waals surface area contributed by atoms with Crippen LogP contribution in [0.3, 0.4) is 0 Å². The van der Waals surface area contributed by atoms with E-state index >= 15 is 0 Å². The van der Waals surface area contributed by atoms with Crippen LogP contribution >= 0.6 is 12.4 Å². The van der Waals surface area contributed by atoms with Gasteiger partial charge in [0.2, 0.25) is 5.91 Å². The lowest BCUT2D eigenvalue weighted by molar-refractivity contribution is -0.132. The maximum atomic E-state index is 12.1. The summed E-state index contributed by atoms with van der Waals surface area (Å²) in [5.74, 6) is 0.213. The molecular formula is C14H26ClN5O. The Labute approximate surface area is 132 Å². The van der Waals surface area contributed by atoms with E-state index in [2.05, 4.69) is 30.5 Å². The molecule has 1 fully saturated rings. The first-order valence-electron chi connectivity index (χ1n) is 7.26. The Bertz CT molecular complexity index is 442. The molecule has 0 unspecified atom stereocenters. The van der Waals surface area contributed by atoms with Gasteiger partial charge in [0.05, 0.1) is 12.7 Å². The lowest BCUT2D eigenvalue weighted by Gasteiger charge is -2.29. The second kappa shape index (κ2) is 8.36. The molecule has 120 valence electrons. The third-order valence-corrected chi connectivity index (χ3v) is 3.51. The molecule has 1 saturated heterocycles. The minimum atomic E-state index is 0. The van der Waals surface area contributed by atoms with Crippen LogP contribution in [0.25, 0.3) is 0 Å². The zero-order valence-electron chi connectivity index (χ0n) is 13.1. The number of nitrogens with zero attached hydrogens (tertiary/aromatic N) is 4. The fraction of sp³-hybridized carbons (Fsp3) is 0.714. The van der Waals surface area contributed by atoms with E-state index in [0.717, 1.165) is 38.3 Å². The summed E-state index contributed by atoms with van der Waals surface area (Å²) in [7, 11) is 1.98. The molecule has 1 aromatic rings. The third kappa shape index (κ3) is 5.30. The maximum absolute atomic E-state index is 12.1. The second-order valence-electron chi connectivity index (χ2n) is 5.73. The van der Waals surface area contributed by atoms with Crippen LogP contribution < -0.4 is 5.32 Å². The fourth-order valence-electron chi connectivity index (χ4n) is 2.35. The summed E-state index contributed by atoms with van der Waals surface area (Å²) in [4.78, 5) is 16.1. The average Bonchev–Trinajstić information content (AvgIpc) is 2.88. The lowest BCUT2D eigenvalue weighted by Crippen LogP contribution is -2.49. The summed E-state index contributed by atoms with van der Waals surface area (Å²) in [5, 5.41) is 7.58. The third-order valence-electron chi connectivity index (χ3n) is 3.51. The van der Waals surface area contributed by atoms with E-state index < -0.39 is 0 Å². The van der Waals surface area contributed by atoms with Gasteiger partial charge >= 0.3 is 0 Å². The monoisotopic (exact) mass is 315 g/mol. The zero-order chi connectivity index (χ0) is 14.5. The summed E-state index contributed by atoms with van der Waals surface area (Å²) in [5.41, 5.74) is 1.15. The number of halogens is 1. The molecule has 1 amide bonds. The molecule has 0 atom stereocenters. The quantitative estimate of drug-likeness (QED) is 0.871. The standard InChI is InChI=1S/C14H25N5O.ClH/c1-12(2)19-10-13(8-16-19)9-17(3)11-14(20)18-6-4-15-5-7-18;/h8,10,12,15H,4-7,9,11H2,1-3H3;1H. The first kappa shape index (κ1) is 17.9. The van der Waals surface area contributed by atoms with Crippen molar-refractivity contribution in [2.24, 2.45) is 0 Å². The van der Waals surface area contributed by atoms with Crippen LogP contribution in [0.5, 0.6) is 0 Å². The minimum Gasteiger partial charge on any atom is -0.339 e. The van der Waals surface area contributed by atoms with Crippen LogP contribution in [0.15, 0.2) is 12.4 Å². The number of nitrogens with one attached hydrogen (secondary N) is 1. The van der Waals surface area contributed by atoms with E-state index in [1.54, 1.807) is 0 Å². The molecule has 2 rings (SSSR count). The van der Waals surface area contributed by atoms with Crippen molar-refractivity contribution in [3.8, 4) is 0 Å². The second-order valence-corrected chi connectivity index (χ2v) is 5.73. The van der Waals surface area contributed by atoms with Gasteiger partial charge in [0, 0.05) is 50.5 Å². The van der Waals surface area contributed by atoms with Gasteiger partial charge in [-0.05, 0) is 20.9 Å². The van der Waals surface area contributed by atoms with Gasteiger partial charge in [-0.1, -0.05) is 0 Å². The Hall–Kier alpha value is -1.11. The van der Waals surface area contributed by atoms with Crippen molar-refractivity contribution in [1.29, 1.82) is 0 Å². The highest BCUT2D eigenvalue weighted by molar-refractivity contribution is 5.85. The smallest absolute Gasteiger partial charge is 0.236 e. The van der Waals surface area contributed by atoms with Crippen LogP contribution in [-0.2, 0) is 11.3 Å². The van der Waals surface area contributed by atoms with Gasteiger partial charge in [0.15, 0.2) is 0 Å². The number of rotatable bonds is 5. The minimum absolute atomic E-state index is 0. The summed E-state index contributed by atoms with van der Waals surface area (Å²) < 4.78 is 1.95. The summed E-state index contributed by atoms with van der Waals surface area (Å²) >= 11 is 0. The Morgan fingerprint density at radius 2 is 2.10 bits per heavy atom. The average molecular weight is 316 g/mol. The van der Waals surface area contributed by atoms with Gasteiger partial charge < -0.3 is 10.2 Å². The molecule has 0 saturated carbocycles. The Balaban J connectivity index is 0.00000220. The molecule has 1 aliphatic rings. The van der Waals surface area contributed by atoms with Crippen LogP contribution in [0.4, 0.5) is 0 Å². The molecule has 0 radical (unpaired) electrons. The van der Waals surface area contributed by atoms with Gasteiger partial charge in [0.1, 0.15) is 0 Å². The van der Waals surface area contributed by atoms with Gasteiger partial charge in [-0.3, -0.25) is 14.4 Å². The number of likely N-dealkylation sites (N-methyl/N-ethyl adjacent to an activating group) is 1. The molecule has 0 spiro atoms. The topological polar surface area (TPSA) is 53.4 Å². The predicted molar refractivity (Wildman–Crippen MR) is 85.6 cm³/mol. The lowest BCUT2D eigenvalue weighted by atomic mass is 10.3. The van der Waals surface area contributed by atoms with Crippen molar-refractivity contribution >= 4 is 18.3 Å². The molecule has 1 aliphatic heterocycles. The molecule has 6 nitrogen and oxygen atoms in total. The molecule has 2 heterocycles. The van der Waals surface area contributed by atoms with E-state index in [1.165, 1.54) is 0 Å². The predicted octanol–water partition coefficient (Wildman–Crippen LogP) is 0.749. The molecule has 21 heavy (non-hydrogen) atoms. The SMILES string of the molecule is CC(C)n1cc(CN(C)CC(=O)N2CCNCC2)cn1.Cl. The van der Waals surface area contributed by atoms with Crippen LogP contribution in [0.1, 0.15) is 25.5 Å². The first-order valence-corrected chi connectivity index (χ1v) is 7.26. The highest BCUT2D eigenvalue weighted by atomic mass is 35.5. The maximum Gasteiger partial charge on any atom is 0.236 e.